The first-order valence-corrected chi connectivity index (χ1v) is 12.4. The summed E-state index contributed by atoms with van der Waals surface area (Å²) in [6, 6.07) is 7.34. The number of halogens is 1. The highest BCUT2D eigenvalue weighted by atomic mass is 35.5. The first kappa shape index (κ1) is 22.9. The molecule has 1 amide bonds. The molecule has 0 radical (unpaired) electrons. The highest BCUT2D eigenvalue weighted by Gasteiger charge is 2.20. The van der Waals surface area contributed by atoms with Gasteiger partial charge in [-0.3, -0.25) is 4.79 Å². The van der Waals surface area contributed by atoms with E-state index in [0.29, 0.717) is 29.8 Å². The van der Waals surface area contributed by atoms with Crippen molar-refractivity contribution >= 4 is 46.1 Å². The van der Waals surface area contributed by atoms with Crippen LogP contribution in [0.4, 0.5) is 5.82 Å². The van der Waals surface area contributed by atoms with Gasteiger partial charge >= 0.3 is 0 Å². The van der Waals surface area contributed by atoms with Gasteiger partial charge in [-0.2, -0.15) is 5.10 Å². The molecule has 170 valence electrons. The number of rotatable bonds is 8. The molecule has 1 saturated heterocycles. The van der Waals surface area contributed by atoms with E-state index in [9.17, 15) is 4.79 Å². The first-order valence-electron chi connectivity index (χ1n) is 11.2. The van der Waals surface area contributed by atoms with Crippen molar-refractivity contribution in [2.45, 2.75) is 56.5 Å². The average Bonchev–Trinajstić information content (AvgIpc) is 3.18. The van der Waals surface area contributed by atoms with Gasteiger partial charge in [-0.1, -0.05) is 49.3 Å². The summed E-state index contributed by atoms with van der Waals surface area (Å²) in [5, 5.41) is 10.4. The maximum Gasteiger partial charge on any atom is 0.224 e. The van der Waals surface area contributed by atoms with Crippen molar-refractivity contribution in [1.82, 2.24) is 25.1 Å². The summed E-state index contributed by atoms with van der Waals surface area (Å²) >= 11 is 7.58. The maximum absolute atomic E-state index is 12.3. The van der Waals surface area contributed by atoms with Crippen LogP contribution in [0.5, 0.6) is 0 Å². The molecule has 4 rings (SSSR count). The van der Waals surface area contributed by atoms with E-state index in [1.165, 1.54) is 19.3 Å². The lowest BCUT2D eigenvalue weighted by atomic mass is 10.1. The van der Waals surface area contributed by atoms with Gasteiger partial charge in [0, 0.05) is 29.9 Å². The van der Waals surface area contributed by atoms with Crippen LogP contribution in [0.3, 0.4) is 0 Å². The second kappa shape index (κ2) is 10.5. The molecule has 2 aromatic heterocycles. The number of amides is 1. The number of thioether (sulfide) groups is 1. The second-order valence-corrected chi connectivity index (χ2v) is 10.3. The number of hydrogen-bond donors (Lipinski definition) is 1. The van der Waals surface area contributed by atoms with Crippen molar-refractivity contribution in [1.29, 1.82) is 0 Å². The number of piperidine rings is 1. The lowest BCUT2D eigenvalue weighted by Gasteiger charge is -2.28. The Bertz CT molecular complexity index is 1060. The fourth-order valence-corrected chi connectivity index (χ4v) is 4.67. The molecule has 7 nitrogen and oxygen atoms in total. The zero-order valence-electron chi connectivity index (χ0n) is 18.6. The molecule has 1 aromatic carbocycles. The molecule has 32 heavy (non-hydrogen) atoms. The van der Waals surface area contributed by atoms with Gasteiger partial charge in [0.25, 0.3) is 0 Å². The molecule has 0 saturated carbocycles. The fraction of sp³-hybridized carbons (Fsp3) is 0.478. The first-order chi connectivity index (χ1) is 15.5. The highest BCUT2D eigenvalue weighted by Crippen LogP contribution is 2.30. The molecule has 3 heterocycles. The topological polar surface area (TPSA) is 75.9 Å². The molecule has 1 aliphatic heterocycles. The summed E-state index contributed by atoms with van der Waals surface area (Å²) in [7, 11) is 0. The number of benzene rings is 1. The summed E-state index contributed by atoms with van der Waals surface area (Å²) in [4.78, 5) is 24.4. The third-order valence-corrected chi connectivity index (χ3v) is 6.49. The quantitative estimate of drug-likeness (QED) is 0.388. The van der Waals surface area contributed by atoms with E-state index >= 15 is 0 Å². The van der Waals surface area contributed by atoms with E-state index in [1.54, 1.807) is 23.9 Å². The summed E-state index contributed by atoms with van der Waals surface area (Å²) in [5.41, 5.74) is 1.77. The molecule has 1 aliphatic rings. The lowest BCUT2D eigenvalue weighted by Crippen LogP contribution is -2.30. The minimum atomic E-state index is -0.0246. The number of hydrogen-bond acceptors (Lipinski definition) is 6. The Balaban J connectivity index is 1.47. The molecule has 0 spiro atoms. The Morgan fingerprint density at radius 1 is 1.16 bits per heavy atom. The summed E-state index contributed by atoms with van der Waals surface area (Å²) < 4.78 is 1.87. The number of carbonyl (C=O) groups is 1. The van der Waals surface area contributed by atoms with Crippen LogP contribution < -0.4 is 10.2 Å². The minimum Gasteiger partial charge on any atom is -0.356 e. The predicted molar refractivity (Wildman–Crippen MR) is 131 cm³/mol. The van der Waals surface area contributed by atoms with Crippen LogP contribution in [0.1, 0.15) is 38.7 Å². The Hall–Kier alpha value is -2.32. The predicted octanol–water partition coefficient (Wildman–Crippen LogP) is 4.33. The van der Waals surface area contributed by atoms with E-state index in [-0.39, 0.29) is 5.91 Å². The van der Waals surface area contributed by atoms with Crippen molar-refractivity contribution in [3.05, 3.63) is 41.0 Å². The smallest absolute Gasteiger partial charge is 0.224 e. The van der Waals surface area contributed by atoms with Gasteiger partial charge in [-0.05, 0) is 37.0 Å². The standard InChI is InChI=1S/C23H29ClN6OS/c1-16(2)32-23-27-21(29-11-4-3-5-12-29)19-15-26-30(22(19)28-23)13-10-25-20(31)14-17-6-8-18(24)9-7-17/h6-9,15-16H,3-5,10-14H2,1-2H3,(H,25,31). The van der Waals surface area contributed by atoms with Crippen LogP contribution in [0, 0.1) is 0 Å². The van der Waals surface area contributed by atoms with Crippen molar-refractivity contribution in [2.75, 3.05) is 24.5 Å². The Labute approximate surface area is 197 Å². The van der Waals surface area contributed by atoms with Crippen LogP contribution in [-0.4, -0.2) is 50.5 Å². The zero-order chi connectivity index (χ0) is 22.5. The molecule has 1 N–H and O–H groups in total. The molecule has 1 fully saturated rings. The largest absolute Gasteiger partial charge is 0.356 e. The Morgan fingerprint density at radius 3 is 2.62 bits per heavy atom. The molecule has 3 aromatic rings. The molecule has 0 bridgehead atoms. The van der Waals surface area contributed by atoms with Crippen LogP contribution in [0.15, 0.2) is 35.6 Å². The number of nitrogens with one attached hydrogen (secondary N) is 1. The molecule has 9 heteroatoms. The third kappa shape index (κ3) is 5.72. The molecular weight excluding hydrogens is 444 g/mol. The van der Waals surface area contributed by atoms with Crippen molar-refractivity contribution in [3.8, 4) is 0 Å². The fourth-order valence-electron chi connectivity index (χ4n) is 3.85. The van der Waals surface area contributed by atoms with Crippen molar-refractivity contribution in [2.24, 2.45) is 0 Å². The maximum atomic E-state index is 12.3. The van der Waals surface area contributed by atoms with E-state index in [2.05, 4.69) is 29.2 Å². The normalized spacial score (nSPS) is 14.3. The highest BCUT2D eigenvalue weighted by molar-refractivity contribution is 7.99. The van der Waals surface area contributed by atoms with Crippen LogP contribution in [0.2, 0.25) is 5.02 Å². The van der Waals surface area contributed by atoms with Gasteiger partial charge in [0.2, 0.25) is 5.91 Å². The molecule has 0 atom stereocenters. The summed E-state index contributed by atoms with van der Waals surface area (Å²) in [6.45, 7) is 7.36. The van der Waals surface area contributed by atoms with Crippen LogP contribution in [-0.2, 0) is 17.8 Å². The van der Waals surface area contributed by atoms with Gasteiger partial charge in [-0.25, -0.2) is 14.6 Å². The van der Waals surface area contributed by atoms with Gasteiger partial charge in [0.15, 0.2) is 10.8 Å². The van der Waals surface area contributed by atoms with Gasteiger partial charge in [-0.15, -0.1) is 0 Å². The van der Waals surface area contributed by atoms with Crippen molar-refractivity contribution < 1.29 is 4.79 Å². The number of anilines is 1. The number of aromatic nitrogens is 4. The van der Waals surface area contributed by atoms with Crippen LogP contribution in [0.25, 0.3) is 11.0 Å². The Kier molecular flexibility index (Phi) is 7.52. The Morgan fingerprint density at radius 2 is 1.91 bits per heavy atom. The second-order valence-electron chi connectivity index (χ2n) is 8.30. The van der Waals surface area contributed by atoms with E-state index in [1.807, 2.05) is 23.0 Å². The molecular formula is C23H29ClN6OS. The third-order valence-electron chi connectivity index (χ3n) is 5.38. The SMILES string of the molecule is CC(C)Sc1nc(N2CCCCC2)c2cnn(CCNC(=O)Cc3ccc(Cl)cc3)c2n1. The van der Waals surface area contributed by atoms with Gasteiger partial charge in [0.05, 0.1) is 24.5 Å². The van der Waals surface area contributed by atoms with E-state index in [0.717, 1.165) is 40.7 Å². The molecule has 0 aliphatic carbocycles. The number of carbonyl (C=O) groups excluding carboxylic acids is 1. The monoisotopic (exact) mass is 472 g/mol. The van der Waals surface area contributed by atoms with Gasteiger partial charge < -0.3 is 10.2 Å². The van der Waals surface area contributed by atoms with Crippen molar-refractivity contribution in [3.63, 3.8) is 0 Å². The molecule has 0 unspecified atom stereocenters. The number of fused-ring (bicyclic) bond motifs is 1. The minimum absolute atomic E-state index is 0.0246. The summed E-state index contributed by atoms with van der Waals surface area (Å²) in [5.74, 6) is 0.958. The summed E-state index contributed by atoms with van der Waals surface area (Å²) in [6.07, 6.45) is 5.83. The lowest BCUT2D eigenvalue weighted by molar-refractivity contribution is -0.120. The van der Waals surface area contributed by atoms with Crippen LogP contribution >= 0.6 is 23.4 Å². The van der Waals surface area contributed by atoms with E-state index in [4.69, 9.17) is 21.6 Å². The van der Waals surface area contributed by atoms with E-state index < -0.39 is 0 Å². The average molecular weight is 473 g/mol. The number of nitrogens with zero attached hydrogens (tertiary/aromatic N) is 5. The zero-order valence-corrected chi connectivity index (χ0v) is 20.1. The van der Waals surface area contributed by atoms with Gasteiger partial charge in [0.1, 0.15) is 5.82 Å².